The van der Waals surface area contributed by atoms with Crippen LogP contribution < -0.4 is 0 Å². The number of rotatable bonds is 5. The standard InChI is InChI=1S/C72H80N6/c1-67(2,3)46-31-43(32-47(37-46)68(4,5)6)64-56-25-27-58(75-56)65(44-33-48(69(7,8)9)38-49(34-44)70(10,11)12)62-40-52(54-23-19-21-29-73-54)60(77-62)42-61-53(55-24-20-22-30-74-55)41-63(78-61)66(59-28-26-57(64)76-59)45-35-50(71(13,14)15)39-51(36-45)72(16,17)18/h19-42,75-76H,1-18H3. The molecule has 8 bridgehead atoms. The maximum atomic E-state index is 5.75. The van der Waals surface area contributed by atoms with Crippen molar-refractivity contribution in [2.45, 2.75) is 157 Å². The molecule has 8 aromatic rings. The molecule has 398 valence electrons. The molecule has 2 aliphatic rings. The molecule has 2 aliphatic heterocycles. The molecular weight excluding hydrogens is 949 g/mol. The Morgan fingerprint density at radius 1 is 0.295 bits per heavy atom. The highest BCUT2D eigenvalue weighted by Gasteiger charge is 2.29. The largest absolute Gasteiger partial charge is 0.354 e. The van der Waals surface area contributed by atoms with Gasteiger partial charge < -0.3 is 9.97 Å². The number of hydrogen-bond acceptors (Lipinski definition) is 4. The fraction of sp³-hybridized carbons (Fsp3) is 0.333. The molecule has 7 heterocycles. The summed E-state index contributed by atoms with van der Waals surface area (Å²) >= 11 is 0. The summed E-state index contributed by atoms with van der Waals surface area (Å²) in [5, 5.41) is 0. The van der Waals surface area contributed by atoms with E-state index in [1.54, 1.807) is 0 Å². The molecule has 0 unspecified atom stereocenters. The number of fused-ring (bicyclic) bond motifs is 8. The van der Waals surface area contributed by atoms with Crippen LogP contribution in [0.15, 0.2) is 134 Å². The summed E-state index contributed by atoms with van der Waals surface area (Å²) in [6, 6.07) is 45.0. The predicted octanol–water partition coefficient (Wildman–Crippen LogP) is 19.1. The molecule has 10 rings (SSSR count). The molecular formula is C72H80N6. The Kier molecular flexibility index (Phi) is 13.3. The van der Waals surface area contributed by atoms with Crippen molar-refractivity contribution in [1.82, 2.24) is 29.9 Å². The van der Waals surface area contributed by atoms with E-state index in [2.05, 4.69) is 256 Å². The Labute approximate surface area is 464 Å². The fourth-order valence-corrected chi connectivity index (χ4v) is 10.6. The van der Waals surface area contributed by atoms with Crippen molar-refractivity contribution in [3.05, 3.63) is 201 Å². The monoisotopic (exact) mass is 1030 g/mol. The van der Waals surface area contributed by atoms with Gasteiger partial charge in [-0.05, 0) is 149 Å². The van der Waals surface area contributed by atoms with Gasteiger partial charge in [0.25, 0.3) is 0 Å². The second-order valence-electron chi connectivity index (χ2n) is 28.0. The van der Waals surface area contributed by atoms with Crippen molar-refractivity contribution in [2.24, 2.45) is 0 Å². The Bertz CT molecular complexity index is 3560. The number of nitrogens with one attached hydrogen (secondary N) is 2. The lowest BCUT2D eigenvalue weighted by Crippen LogP contribution is -2.16. The van der Waals surface area contributed by atoms with Crippen LogP contribution in [-0.4, -0.2) is 29.9 Å². The van der Waals surface area contributed by atoms with Crippen molar-refractivity contribution in [3.8, 4) is 33.4 Å². The molecule has 0 radical (unpaired) electrons. The van der Waals surface area contributed by atoms with Crippen molar-refractivity contribution >= 4 is 45.4 Å². The zero-order valence-electron chi connectivity index (χ0n) is 49.6. The predicted molar refractivity (Wildman–Crippen MR) is 332 cm³/mol. The molecule has 3 aromatic carbocycles. The van der Waals surface area contributed by atoms with Crippen molar-refractivity contribution in [2.75, 3.05) is 0 Å². The Balaban J connectivity index is 1.46. The highest BCUT2D eigenvalue weighted by atomic mass is 14.8. The van der Waals surface area contributed by atoms with Gasteiger partial charge in [-0.25, -0.2) is 9.97 Å². The molecule has 6 nitrogen and oxygen atoms in total. The van der Waals surface area contributed by atoms with Crippen LogP contribution in [0.5, 0.6) is 0 Å². The van der Waals surface area contributed by atoms with Crippen LogP contribution in [0.4, 0.5) is 0 Å². The Hall–Kier alpha value is -7.44. The second-order valence-corrected chi connectivity index (χ2v) is 28.0. The summed E-state index contributed by atoms with van der Waals surface area (Å²) in [6.07, 6.45) is 8.20. The highest BCUT2D eigenvalue weighted by molar-refractivity contribution is 6.03. The van der Waals surface area contributed by atoms with Crippen LogP contribution in [0.2, 0.25) is 0 Å². The van der Waals surface area contributed by atoms with E-state index < -0.39 is 0 Å². The first-order valence-corrected chi connectivity index (χ1v) is 27.9. The van der Waals surface area contributed by atoms with E-state index in [0.717, 1.165) is 101 Å². The minimum atomic E-state index is -0.121. The zero-order valence-corrected chi connectivity index (χ0v) is 49.6. The third-order valence-corrected chi connectivity index (χ3v) is 15.6. The van der Waals surface area contributed by atoms with Gasteiger partial charge in [0, 0.05) is 62.3 Å². The van der Waals surface area contributed by atoms with Gasteiger partial charge in [-0.3, -0.25) is 9.97 Å². The zero-order chi connectivity index (χ0) is 56.1. The fourth-order valence-electron chi connectivity index (χ4n) is 10.6. The first kappa shape index (κ1) is 53.9. The number of aromatic nitrogens is 6. The van der Waals surface area contributed by atoms with E-state index >= 15 is 0 Å². The van der Waals surface area contributed by atoms with Crippen LogP contribution in [0, 0.1) is 0 Å². The first-order chi connectivity index (χ1) is 36.4. The number of nitrogens with zero attached hydrogens (tertiary/aromatic N) is 4. The van der Waals surface area contributed by atoms with Gasteiger partial charge in [-0.2, -0.15) is 0 Å². The molecule has 0 saturated heterocycles. The first-order valence-electron chi connectivity index (χ1n) is 27.9. The molecule has 6 heteroatoms. The van der Waals surface area contributed by atoms with Crippen LogP contribution in [-0.2, 0) is 32.5 Å². The summed E-state index contributed by atoms with van der Waals surface area (Å²) < 4.78 is 0. The molecule has 0 fully saturated rings. The highest BCUT2D eigenvalue weighted by Crippen LogP contribution is 2.44. The summed E-state index contributed by atoms with van der Waals surface area (Å²) in [5.74, 6) is 0. The second kappa shape index (κ2) is 19.2. The normalized spacial score (nSPS) is 13.7. The van der Waals surface area contributed by atoms with Gasteiger partial charge in [0.1, 0.15) is 0 Å². The molecule has 2 N–H and O–H groups in total. The topological polar surface area (TPSA) is 83.1 Å². The number of hydrogen-bond donors (Lipinski definition) is 2. The van der Waals surface area contributed by atoms with Crippen molar-refractivity contribution < 1.29 is 0 Å². The molecule has 0 atom stereocenters. The van der Waals surface area contributed by atoms with Crippen molar-refractivity contribution in [3.63, 3.8) is 0 Å². The summed E-state index contributed by atoms with van der Waals surface area (Å²) in [5.41, 5.74) is 24.0. The smallest absolute Gasteiger partial charge is 0.0753 e. The number of pyridine rings is 2. The third kappa shape index (κ3) is 10.8. The van der Waals surface area contributed by atoms with Gasteiger partial charge >= 0.3 is 0 Å². The quantitative estimate of drug-likeness (QED) is 0.180. The lowest BCUT2D eigenvalue weighted by atomic mass is 9.78. The SMILES string of the molecule is CC(C)(C)c1cc(-c2c3nc(cc4nc(c(-c5cc(C(C)(C)C)cc(C(C)(C)C)c5)c5ccc([nH]5)c(-c5cc(C(C)(C)C)cc(C(C)(C)C)c5)c5ccc2[nH]5)C=C4c2ccccn2)C(c2ccccn2)=C3)cc(C(C)(C)C)c1. The van der Waals surface area contributed by atoms with Crippen molar-refractivity contribution in [1.29, 1.82) is 0 Å². The van der Waals surface area contributed by atoms with E-state index in [0.29, 0.717) is 0 Å². The molecule has 0 amide bonds. The van der Waals surface area contributed by atoms with Gasteiger partial charge in [0.05, 0.1) is 34.2 Å². The lowest BCUT2D eigenvalue weighted by molar-refractivity contribution is 0.568. The number of aromatic amines is 2. The number of benzene rings is 3. The minimum absolute atomic E-state index is 0.111. The molecule has 0 saturated carbocycles. The third-order valence-electron chi connectivity index (χ3n) is 15.6. The van der Waals surface area contributed by atoms with Gasteiger partial charge in [0.2, 0.25) is 0 Å². The van der Waals surface area contributed by atoms with Gasteiger partial charge in [-0.15, -0.1) is 0 Å². The van der Waals surface area contributed by atoms with E-state index in [9.17, 15) is 0 Å². The lowest BCUT2D eigenvalue weighted by Gasteiger charge is -2.26. The van der Waals surface area contributed by atoms with E-state index in [1.807, 2.05) is 24.5 Å². The van der Waals surface area contributed by atoms with Crippen LogP contribution >= 0.6 is 0 Å². The Morgan fingerprint density at radius 2 is 0.577 bits per heavy atom. The molecule has 0 spiro atoms. The van der Waals surface area contributed by atoms with Crippen LogP contribution in [0.3, 0.4) is 0 Å². The van der Waals surface area contributed by atoms with E-state index in [-0.39, 0.29) is 32.5 Å². The van der Waals surface area contributed by atoms with E-state index in [4.69, 9.17) is 19.9 Å². The van der Waals surface area contributed by atoms with Crippen LogP contribution in [0.1, 0.15) is 192 Å². The average molecular weight is 1030 g/mol. The van der Waals surface area contributed by atoms with E-state index in [1.165, 1.54) is 33.4 Å². The maximum Gasteiger partial charge on any atom is 0.0753 e. The summed E-state index contributed by atoms with van der Waals surface area (Å²) in [6.45, 7) is 41.6. The summed E-state index contributed by atoms with van der Waals surface area (Å²) in [7, 11) is 0. The molecule has 78 heavy (non-hydrogen) atoms. The van der Waals surface area contributed by atoms with Gasteiger partial charge in [-0.1, -0.05) is 191 Å². The maximum absolute atomic E-state index is 5.75. The average Bonchev–Trinajstić information content (AvgIpc) is 4.30. The van der Waals surface area contributed by atoms with Gasteiger partial charge in [0.15, 0.2) is 0 Å². The molecule has 5 aromatic heterocycles. The minimum Gasteiger partial charge on any atom is -0.354 e. The summed E-state index contributed by atoms with van der Waals surface area (Å²) in [4.78, 5) is 29.7. The molecule has 0 aliphatic carbocycles. The number of H-pyrrole nitrogens is 2. The van der Waals surface area contributed by atoms with Crippen LogP contribution in [0.25, 0.3) is 78.7 Å². The Morgan fingerprint density at radius 3 is 0.846 bits per heavy atom.